The van der Waals surface area contributed by atoms with Crippen molar-refractivity contribution in [3.05, 3.63) is 51.6 Å². The number of halogens is 4. The normalized spacial score (nSPS) is 16.8. The number of carboxylic acid groups (broad SMARTS) is 1. The van der Waals surface area contributed by atoms with Crippen LogP contribution in [-0.4, -0.2) is 32.7 Å². The summed E-state index contributed by atoms with van der Waals surface area (Å²) in [7, 11) is 0. The van der Waals surface area contributed by atoms with Crippen molar-refractivity contribution in [1.82, 2.24) is 4.90 Å². The average Bonchev–Trinajstić information content (AvgIpc) is 3.27. The van der Waals surface area contributed by atoms with Crippen LogP contribution in [0.2, 0.25) is 5.02 Å². The van der Waals surface area contributed by atoms with E-state index in [1.165, 1.54) is 23.1 Å². The molecule has 5 nitrogen and oxygen atoms in total. The molecule has 0 aliphatic carbocycles. The summed E-state index contributed by atoms with van der Waals surface area (Å²) in [5, 5.41) is 9.04. The highest BCUT2D eigenvalue weighted by Gasteiger charge is 2.33. The average molecular weight is 504 g/mol. The zero-order chi connectivity index (χ0) is 23.6. The van der Waals surface area contributed by atoms with Crippen molar-refractivity contribution in [2.24, 2.45) is 5.92 Å². The molecule has 1 N–H and O–H groups in total. The van der Waals surface area contributed by atoms with E-state index in [-0.39, 0.29) is 28.0 Å². The Kier molecular flexibility index (Phi) is 7.36. The molecule has 1 fully saturated rings. The smallest absolute Gasteiger partial charge is 0.416 e. The molecule has 1 unspecified atom stereocenters. The van der Waals surface area contributed by atoms with Crippen molar-refractivity contribution in [2.75, 3.05) is 6.54 Å². The summed E-state index contributed by atoms with van der Waals surface area (Å²) >= 11 is 12.4. The lowest BCUT2D eigenvalue weighted by Crippen LogP contribution is -2.29. The van der Waals surface area contributed by atoms with E-state index in [0.29, 0.717) is 28.6 Å². The fourth-order valence-electron chi connectivity index (χ4n) is 2.97. The van der Waals surface area contributed by atoms with Gasteiger partial charge < -0.3 is 9.52 Å². The number of thioether (sulfide) groups is 1. The number of aliphatic carboxylic acids is 1. The third-order valence-corrected chi connectivity index (χ3v) is 6.48. The van der Waals surface area contributed by atoms with Gasteiger partial charge in [-0.2, -0.15) is 13.2 Å². The lowest BCUT2D eigenvalue weighted by atomic mass is 10.1. The van der Waals surface area contributed by atoms with Gasteiger partial charge in [0.25, 0.3) is 5.91 Å². The second-order valence-electron chi connectivity index (χ2n) is 7.11. The van der Waals surface area contributed by atoms with Crippen molar-refractivity contribution < 1.29 is 32.3 Å². The highest BCUT2D eigenvalue weighted by Crippen LogP contribution is 2.38. The molecule has 32 heavy (non-hydrogen) atoms. The van der Waals surface area contributed by atoms with Gasteiger partial charge >= 0.3 is 12.1 Å². The topological polar surface area (TPSA) is 70.8 Å². The number of alkyl halides is 3. The Morgan fingerprint density at radius 1 is 1.34 bits per heavy atom. The number of nitrogens with zero attached hydrogens (tertiary/aromatic N) is 1. The summed E-state index contributed by atoms with van der Waals surface area (Å²) in [5.74, 6) is -1.37. The molecule has 1 aromatic heterocycles. The first-order valence-electron chi connectivity index (χ1n) is 9.42. The van der Waals surface area contributed by atoms with Crippen molar-refractivity contribution in [1.29, 1.82) is 0 Å². The minimum absolute atomic E-state index is 0.0845. The summed E-state index contributed by atoms with van der Waals surface area (Å²) in [4.78, 5) is 25.3. The van der Waals surface area contributed by atoms with E-state index < -0.39 is 23.6 Å². The number of hydrogen-bond donors (Lipinski definition) is 1. The maximum absolute atomic E-state index is 13.0. The molecule has 1 saturated heterocycles. The van der Waals surface area contributed by atoms with E-state index in [9.17, 15) is 22.8 Å². The number of carbonyl (C=O) groups excluding carboxylic acids is 1. The summed E-state index contributed by atoms with van der Waals surface area (Å²) in [6, 6.07) is 5.94. The van der Waals surface area contributed by atoms with Gasteiger partial charge in [-0.1, -0.05) is 42.5 Å². The van der Waals surface area contributed by atoms with Crippen LogP contribution in [0.25, 0.3) is 17.4 Å². The standard InChI is InChI=1S/C21H17ClF3NO4S2/c1-11(19(28)29)3-2-8-26-18(27)17(32-20(26)31)10-13-5-7-16(30-13)14-9-12(21(23,24)25)4-6-15(14)22/h4-7,9-11H,2-3,8H2,1H3,(H,28,29). The van der Waals surface area contributed by atoms with Gasteiger partial charge in [0.2, 0.25) is 0 Å². The Bertz CT molecular complexity index is 1100. The predicted octanol–water partition coefficient (Wildman–Crippen LogP) is 6.32. The molecular weight excluding hydrogens is 487 g/mol. The molecule has 0 spiro atoms. The largest absolute Gasteiger partial charge is 0.481 e. The number of carboxylic acids is 1. The molecule has 0 saturated carbocycles. The van der Waals surface area contributed by atoms with Gasteiger partial charge in [0.1, 0.15) is 15.8 Å². The van der Waals surface area contributed by atoms with E-state index in [4.69, 9.17) is 33.3 Å². The van der Waals surface area contributed by atoms with Gasteiger partial charge in [-0.25, -0.2) is 0 Å². The van der Waals surface area contributed by atoms with E-state index >= 15 is 0 Å². The highest BCUT2D eigenvalue weighted by atomic mass is 35.5. The van der Waals surface area contributed by atoms with Crippen molar-refractivity contribution in [2.45, 2.75) is 25.9 Å². The van der Waals surface area contributed by atoms with Gasteiger partial charge in [0.05, 0.1) is 21.4 Å². The minimum atomic E-state index is -4.52. The summed E-state index contributed by atoms with van der Waals surface area (Å²) < 4.78 is 45.0. The Morgan fingerprint density at radius 3 is 2.72 bits per heavy atom. The summed E-state index contributed by atoms with van der Waals surface area (Å²) in [5.41, 5.74) is -0.769. The zero-order valence-electron chi connectivity index (χ0n) is 16.6. The molecular formula is C21H17ClF3NO4S2. The van der Waals surface area contributed by atoms with E-state index in [1.54, 1.807) is 6.92 Å². The molecule has 11 heteroatoms. The maximum Gasteiger partial charge on any atom is 0.416 e. The van der Waals surface area contributed by atoms with Crippen LogP contribution in [0.3, 0.4) is 0 Å². The third kappa shape index (κ3) is 5.54. The quantitative estimate of drug-likeness (QED) is 0.352. The van der Waals surface area contributed by atoms with Crippen LogP contribution >= 0.6 is 35.6 Å². The maximum atomic E-state index is 13.0. The monoisotopic (exact) mass is 503 g/mol. The highest BCUT2D eigenvalue weighted by molar-refractivity contribution is 8.26. The van der Waals surface area contributed by atoms with Gasteiger partial charge in [0, 0.05) is 18.2 Å². The molecule has 170 valence electrons. The van der Waals surface area contributed by atoms with Gasteiger partial charge in [-0.15, -0.1) is 0 Å². The number of hydrogen-bond acceptors (Lipinski definition) is 5. The van der Waals surface area contributed by atoms with Gasteiger partial charge in [0.15, 0.2) is 0 Å². The van der Waals surface area contributed by atoms with Gasteiger partial charge in [-0.3, -0.25) is 14.5 Å². The molecule has 1 aliphatic rings. The van der Waals surface area contributed by atoms with Crippen LogP contribution < -0.4 is 0 Å². The Morgan fingerprint density at radius 2 is 2.06 bits per heavy atom. The molecule has 2 heterocycles. The number of carbonyl (C=O) groups is 2. The Balaban J connectivity index is 1.75. The first kappa shape index (κ1) is 24.3. The molecule has 2 aromatic rings. The first-order valence-corrected chi connectivity index (χ1v) is 11.0. The SMILES string of the molecule is CC(CCCN1C(=O)C(=Cc2ccc(-c3cc(C(F)(F)F)ccc3Cl)o2)SC1=S)C(=O)O. The van der Waals surface area contributed by atoms with Crippen molar-refractivity contribution in [3.8, 4) is 11.3 Å². The molecule has 0 bridgehead atoms. The van der Waals surface area contributed by atoms with Crippen LogP contribution in [0.1, 0.15) is 31.1 Å². The minimum Gasteiger partial charge on any atom is -0.481 e. The molecule has 1 atom stereocenters. The number of rotatable bonds is 7. The summed E-state index contributed by atoms with van der Waals surface area (Å²) in [6.45, 7) is 1.89. The van der Waals surface area contributed by atoms with Crippen LogP contribution in [0.5, 0.6) is 0 Å². The lowest BCUT2D eigenvalue weighted by Gasteiger charge is -2.15. The van der Waals surface area contributed by atoms with Crippen molar-refractivity contribution in [3.63, 3.8) is 0 Å². The Labute approximate surface area is 196 Å². The van der Waals surface area contributed by atoms with Crippen LogP contribution in [-0.2, 0) is 15.8 Å². The van der Waals surface area contributed by atoms with Crippen LogP contribution in [0.15, 0.2) is 39.7 Å². The van der Waals surface area contributed by atoms with Crippen LogP contribution in [0, 0.1) is 5.92 Å². The third-order valence-electron chi connectivity index (χ3n) is 4.77. The lowest BCUT2D eigenvalue weighted by molar-refractivity contribution is -0.141. The second kappa shape index (κ2) is 9.68. The fraction of sp³-hybridized carbons (Fsp3) is 0.286. The molecule has 1 aliphatic heterocycles. The molecule has 0 radical (unpaired) electrons. The number of benzene rings is 1. The van der Waals surface area contributed by atoms with Crippen molar-refractivity contribution >= 4 is 57.9 Å². The van der Waals surface area contributed by atoms with E-state index in [2.05, 4.69) is 0 Å². The van der Waals surface area contributed by atoms with Crippen LogP contribution in [0.4, 0.5) is 13.2 Å². The molecule has 1 amide bonds. The second-order valence-corrected chi connectivity index (χ2v) is 9.19. The van der Waals surface area contributed by atoms with Gasteiger partial charge in [-0.05, 0) is 43.2 Å². The number of thiocarbonyl (C=S) groups is 1. The van der Waals surface area contributed by atoms with E-state index in [0.717, 1.165) is 30.0 Å². The predicted molar refractivity (Wildman–Crippen MR) is 120 cm³/mol. The van der Waals surface area contributed by atoms with E-state index in [1.807, 2.05) is 0 Å². The zero-order valence-corrected chi connectivity index (χ0v) is 19.0. The summed E-state index contributed by atoms with van der Waals surface area (Å²) in [6.07, 6.45) is -2.17. The molecule has 1 aromatic carbocycles. The Hall–Kier alpha value is -2.30. The first-order chi connectivity index (χ1) is 15.0. The number of amides is 1. The molecule has 3 rings (SSSR count). The fourth-order valence-corrected chi connectivity index (χ4v) is 4.47. The number of furan rings is 1.